The monoisotopic (exact) mass is 362 g/mol. The molecule has 0 aliphatic rings. The Kier molecular flexibility index (Phi) is 3.25. The average Bonchev–Trinajstić information content (AvgIpc) is 3.16. The molecule has 0 saturated heterocycles. The molecule has 2 aromatic heterocycles. The van der Waals surface area contributed by atoms with Crippen LogP contribution in [-0.4, -0.2) is 15.0 Å². The molecule has 0 bridgehead atoms. The first-order valence-corrected chi connectivity index (χ1v) is 7.87. The number of allylic oxidation sites excluding steroid dienone is 1. The lowest BCUT2D eigenvalue weighted by molar-refractivity contribution is 1.27. The number of aromatic amines is 2. The van der Waals surface area contributed by atoms with E-state index in [-0.39, 0.29) is 0 Å². The van der Waals surface area contributed by atoms with Crippen molar-refractivity contribution in [3.8, 4) is 6.07 Å². The lowest BCUT2D eigenvalue weighted by Gasteiger charge is -1.96. The molecule has 0 aliphatic carbocycles. The maximum atomic E-state index is 9.53. The van der Waals surface area contributed by atoms with Gasteiger partial charge in [0.05, 0.1) is 16.6 Å². The fraction of sp³-hybridized carbons (Fsp3) is 0. The minimum absolute atomic E-state index is 0.502. The van der Waals surface area contributed by atoms with E-state index >= 15 is 0 Å². The van der Waals surface area contributed by atoms with Crippen molar-refractivity contribution in [3.63, 3.8) is 0 Å². The molecule has 110 valence electrons. The van der Waals surface area contributed by atoms with Crippen LogP contribution >= 0.6 is 15.9 Å². The Hall–Kier alpha value is -2.84. The summed E-state index contributed by atoms with van der Waals surface area (Å²) in [6, 6.07) is 16.0. The van der Waals surface area contributed by atoms with Crippen LogP contribution in [0, 0.1) is 11.3 Å². The molecule has 0 spiro atoms. The summed E-state index contributed by atoms with van der Waals surface area (Å²) >= 11 is 3.48. The summed E-state index contributed by atoms with van der Waals surface area (Å²) in [5.74, 6) is 0.582. The van der Waals surface area contributed by atoms with Gasteiger partial charge in [-0.2, -0.15) is 5.26 Å². The van der Waals surface area contributed by atoms with Crippen LogP contribution in [0.15, 0.2) is 53.1 Å². The van der Waals surface area contributed by atoms with Gasteiger partial charge in [0.1, 0.15) is 11.9 Å². The van der Waals surface area contributed by atoms with E-state index in [1.54, 1.807) is 0 Å². The van der Waals surface area contributed by atoms with Crippen molar-refractivity contribution in [2.75, 3.05) is 0 Å². The summed E-state index contributed by atoms with van der Waals surface area (Å²) < 4.78 is 1.00. The molecule has 0 fully saturated rings. The number of hydrogen-bond donors (Lipinski definition) is 2. The van der Waals surface area contributed by atoms with Gasteiger partial charge in [0.15, 0.2) is 0 Å². The number of para-hydroxylation sites is 2. The van der Waals surface area contributed by atoms with Crippen molar-refractivity contribution < 1.29 is 0 Å². The third-order valence-corrected chi connectivity index (χ3v) is 4.23. The molecule has 2 heterocycles. The van der Waals surface area contributed by atoms with E-state index in [1.165, 1.54) is 0 Å². The first-order valence-electron chi connectivity index (χ1n) is 7.08. The normalized spacial score (nSPS) is 11.9. The summed E-state index contributed by atoms with van der Waals surface area (Å²) in [4.78, 5) is 10.9. The Labute approximate surface area is 140 Å². The molecule has 0 atom stereocenters. The van der Waals surface area contributed by atoms with E-state index in [1.807, 2.05) is 54.7 Å². The first kappa shape index (κ1) is 13.8. The Bertz CT molecular complexity index is 1060. The molecule has 5 heteroatoms. The fourth-order valence-corrected chi connectivity index (χ4v) is 2.98. The number of H-pyrrole nitrogens is 2. The smallest absolute Gasteiger partial charge is 0.149 e. The number of halogens is 1. The SMILES string of the molecule is N#C/C(=C/c1c[nH]c2ccc(Br)cc12)c1nc2ccccc2[nH]1. The zero-order valence-corrected chi connectivity index (χ0v) is 13.6. The molecule has 0 amide bonds. The van der Waals surface area contributed by atoms with Crippen LogP contribution in [0.5, 0.6) is 0 Å². The average molecular weight is 363 g/mol. The van der Waals surface area contributed by atoms with Crippen LogP contribution < -0.4 is 0 Å². The molecule has 2 N–H and O–H groups in total. The number of rotatable bonds is 2. The molecule has 0 saturated carbocycles. The number of benzene rings is 2. The highest BCUT2D eigenvalue weighted by Gasteiger charge is 2.09. The number of imidazole rings is 1. The molecule has 0 radical (unpaired) electrons. The molecule has 4 rings (SSSR count). The predicted octanol–water partition coefficient (Wildman–Crippen LogP) is 4.87. The number of fused-ring (bicyclic) bond motifs is 2. The maximum absolute atomic E-state index is 9.53. The van der Waals surface area contributed by atoms with Crippen LogP contribution in [0.2, 0.25) is 0 Å². The number of nitriles is 1. The van der Waals surface area contributed by atoms with Crippen LogP contribution in [0.3, 0.4) is 0 Å². The summed E-state index contributed by atoms with van der Waals surface area (Å²) in [7, 11) is 0. The number of nitrogens with one attached hydrogen (secondary N) is 2. The zero-order valence-electron chi connectivity index (χ0n) is 12.0. The van der Waals surface area contributed by atoms with E-state index in [9.17, 15) is 5.26 Å². The number of aromatic nitrogens is 3. The van der Waals surface area contributed by atoms with Gasteiger partial charge in [0.25, 0.3) is 0 Å². The first-order chi connectivity index (χ1) is 11.2. The largest absolute Gasteiger partial charge is 0.361 e. The van der Waals surface area contributed by atoms with Crippen molar-refractivity contribution in [1.82, 2.24) is 15.0 Å². The van der Waals surface area contributed by atoms with Gasteiger partial charge in [-0.3, -0.25) is 0 Å². The van der Waals surface area contributed by atoms with Crippen LogP contribution in [0.4, 0.5) is 0 Å². The van der Waals surface area contributed by atoms with Crippen LogP contribution in [0.1, 0.15) is 11.4 Å². The van der Waals surface area contributed by atoms with E-state index in [0.717, 1.165) is 32.0 Å². The molecule has 4 nitrogen and oxygen atoms in total. The minimum atomic E-state index is 0.502. The van der Waals surface area contributed by atoms with Crippen molar-refractivity contribution in [2.45, 2.75) is 0 Å². The quantitative estimate of drug-likeness (QED) is 0.499. The third-order valence-electron chi connectivity index (χ3n) is 3.74. The second-order valence-corrected chi connectivity index (χ2v) is 6.12. The topological polar surface area (TPSA) is 68.3 Å². The Morgan fingerprint density at radius 1 is 1.17 bits per heavy atom. The van der Waals surface area contributed by atoms with E-state index in [2.05, 4.69) is 37.0 Å². The third kappa shape index (κ3) is 2.43. The molecule has 23 heavy (non-hydrogen) atoms. The summed E-state index contributed by atoms with van der Waals surface area (Å²) in [6.07, 6.45) is 3.75. The predicted molar refractivity (Wildman–Crippen MR) is 95.6 cm³/mol. The van der Waals surface area contributed by atoms with Crippen LogP contribution in [-0.2, 0) is 0 Å². The molecular weight excluding hydrogens is 352 g/mol. The minimum Gasteiger partial charge on any atom is -0.361 e. The summed E-state index contributed by atoms with van der Waals surface area (Å²) in [5.41, 5.74) is 4.26. The highest BCUT2D eigenvalue weighted by atomic mass is 79.9. The van der Waals surface area contributed by atoms with Gasteiger partial charge in [-0.15, -0.1) is 0 Å². The van der Waals surface area contributed by atoms with Gasteiger partial charge in [-0.05, 0) is 36.4 Å². The number of hydrogen-bond acceptors (Lipinski definition) is 2. The highest BCUT2D eigenvalue weighted by Crippen LogP contribution is 2.26. The van der Waals surface area contributed by atoms with E-state index in [4.69, 9.17) is 0 Å². The van der Waals surface area contributed by atoms with E-state index < -0.39 is 0 Å². The second-order valence-electron chi connectivity index (χ2n) is 5.21. The van der Waals surface area contributed by atoms with Gasteiger partial charge in [-0.25, -0.2) is 4.98 Å². The molecule has 0 aliphatic heterocycles. The molecule has 2 aromatic carbocycles. The fourth-order valence-electron chi connectivity index (χ4n) is 2.62. The molecular formula is C18H11BrN4. The summed E-state index contributed by atoms with van der Waals surface area (Å²) in [6.45, 7) is 0. The van der Waals surface area contributed by atoms with E-state index in [0.29, 0.717) is 11.4 Å². The maximum Gasteiger partial charge on any atom is 0.149 e. The number of nitrogens with zero attached hydrogens (tertiary/aromatic N) is 2. The summed E-state index contributed by atoms with van der Waals surface area (Å²) in [5, 5.41) is 10.6. The molecule has 0 unspecified atom stereocenters. The van der Waals surface area contributed by atoms with Crippen molar-refractivity contribution in [1.29, 1.82) is 5.26 Å². The zero-order chi connectivity index (χ0) is 15.8. The Morgan fingerprint density at radius 2 is 2.04 bits per heavy atom. The van der Waals surface area contributed by atoms with Gasteiger partial charge in [0.2, 0.25) is 0 Å². The standard InChI is InChI=1S/C18H11BrN4/c19-13-5-6-15-14(8-13)12(10-21-15)7-11(9-20)18-22-16-3-1-2-4-17(16)23-18/h1-8,10,21H,(H,22,23)/b11-7-. The lowest BCUT2D eigenvalue weighted by Crippen LogP contribution is -1.84. The van der Waals surface area contributed by atoms with Gasteiger partial charge >= 0.3 is 0 Å². The van der Waals surface area contributed by atoms with Gasteiger partial charge < -0.3 is 9.97 Å². The lowest BCUT2D eigenvalue weighted by atomic mass is 10.1. The van der Waals surface area contributed by atoms with Crippen LogP contribution in [0.25, 0.3) is 33.6 Å². The van der Waals surface area contributed by atoms with Crippen molar-refractivity contribution in [2.24, 2.45) is 0 Å². The highest BCUT2D eigenvalue weighted by molar-refractivity contribution is 9.10. The van der Waals surface area contributed by atoms with Gasteiger partial charge in [0, 0.05) is 27.1 Å². The van der Waals surface area contributed by atoms with Gasteiger partial charge in [-0.1, -0.05) is 28.1 Å². The van der Waals surface area contributed by atoms with Crippen molar-refractivity contribution >= 4 is 49.5 Å². The Morgan fingerprint density at radius 3 is 2.87 bits per heavy atom. The van der Waals surface area contributed by atoms with Crippen molar-refractivity contribution in [3.05, 3.63) is 64.5 Å². The second kappa shape index (κ2) is 5.41. The molecule has 4 aromatic rings. The Balaban J connectivity index is 1.86.